The van der Waals surface area contributed by atoms with Crippen molar-refractivity contribution in [3.05, 3.63) is 35.6 Å². The average molecular weight is 293 g/mol. The molecule has 1 aromatic rings. The van der Waals surface area contributed by atoms with Crippen molar-refractivity contribution in [1.29, 1.82) is 0 Å². The maximum absolute atomic E-state index is 12.9. The number of rotatable bonds is 4. The first-order chi connectivity index (χ1) is 9.76. The molecule has 1 aromatic carbocycles. The molecule has 0 saturated heterocycles. The second kappa shape index (κ2) is 5.84. The largest absolute Gasteiger partial charge is 0.444 e. The van der Waals surface area contributed by atoms with Crippen molar-refractivity contribution in [2.24, 2.45) is 0 Å². The van der Waals surface area contributed by atoms with Gasteiger partial charge in [-0.05, 0) is 57.9 Å². The van der Waals surface area contributed by atoms with Gasteiger partial charge in [0.15, 0.2) is 5.78 Å². The second-order valence-electron chi connectivity index (χ2n) is 6.27. The molecule has 0 heterocycles. The minimum Gasteiger partial charge on any atom is -0.444 e. The van der Waals surface area contributed by atoms with Gasteiger partial charge >= 0.3 is 6.09 Å². The molecular weight excluding hydrogens is 273 g/mol. The summed E-state index contributed by atoms with van der Waals surface area (Å²) >= 11 is 0. The molecule has 0 aromatic heterocycles. The number of amides is 1. The number of benzene rings is 1. The van der Waals surface area contributed by atoms with Crippen LogP contribution in [0, 0.1) is 5.82 Å². The second-order valence-corrected chi connectivity index (χ2v) is 6.27. The molecule has 1 fully saturated rings. The number of carbonyl (C=O) groups excluding carboxylic acids is 2. The monoisotopic (exact) mass is 293 g/mol. The van der Waals surface area contributed by atoms with E-state index in [-0.39, 0.29) is 18.4 Å². The Labute approximate surface area is 123 Å². The minimum absolute atomic E-state index is 0.0365. The molecule has 0 N–H and O–H groups in total. The highest BCUT2D eigenvalue weighted by molar-refractivity contribution is 5.99. The predicted octanol–water partition coefficient (Wildman–Crippen LogP) is 3.41. The summed E-state index contributed by atoms with van der Waals surface area (Å²) < 4.78 is 18.2. The number of hydrogen-bond acceptors (Lipinski definition) is 3. The molecule has 1 aliphatic rings. The number of ether oxygens (including phenoxy) is 1. The molecule has 114 valence electrons. The molecule has 4 nitrogen and oxygen atoms in total. The number of nitrogens with zero attached hydrogens (tertiary/aromatic N) is 1. The quantitative estimate of drug-likeness (QED) is 0.799. The van der Waals surface area contributed by atoms with Gasteiger partial charge in [-0.15, -0.1) is 0 Å². The lowest BCUT2D eigenvalue weighted by Gasteiger charge is -2.27. The Hall–Kier alpha value is -1.91. The molecule has 1 saturated carbocycles. The van der Waals surface area contributed by atoms with E-state index < -0.39 is 17.5 Å². The summed E-state index contributed by atoms with van der Waals surface area (Å²) in [6.07, 6.45) is 1.30. The molecule has 0 atom stereocenters. The maximum atomic E-state index is 12.9. The van der Waals surface area contributed by atoms with Crippen LogP contribution in [-0.2, 0) is 4.74 Å². The van der Waals surface area contributed by atoms with Crippen molar-refractivity contribution in [1.82, 2.24) is 4.90 Å². The summed E-state index contributed by atoms with van der Waals surface area (Å²) in [6.45, 7) is 5.33. The number of carbonyl (C=O) groups is 2. The summed E-state index contributed by atoms with van der Waals surface area (Å²) in [6, 6.07) is 5.41. The number of halogens is 1. The van der Waals surface area contributed by atoms with Crippen LogP contribution >= 0.6 is 0 Å². The van der Waals surface area contributed by atoms with E-state index in [1.165, 1.54) is 29.2 Å². The summed E-state index contributed by atoms with van der Waals surface area (Å²) in [5.41, 5.74) is -0.200. The number of hydrogen-bond donors (Lipinski definition) is 0. The van der Waals surface area contributed by atoms with Crippen LogP contribution in [0.1, 0.15) is 44.0 Å². The van der Waals surface area contributed by atoms with E-state index in [4.69, 9.17) is 4.74 Å². The molecule has 1 amide bonds. The molecular formula is C16H20FNO3. The molecule has 5 heteroatoms. The van der Waals surface area contributed by atoms with Crippen molar-refractivity contribution in [2.45, 2.75) is 45.3 Å². The maximum Gasteiger partial charge on any atom is 0.410 e. The van der Waals surface area contributed by atoms with Crippen LogP contribution in [0.5, 0.6) is 0 Å². The van der Waals surface area contributed by atoms with E-state index in [9.17, 15) is 14.0 Å². The standard InChI is InChI=1S/C16H20FNO3/c1-16(2,3)21-15(20)18(13-8-9-13)10-14(19)11-4-6-12(17)7-5-11/h4-7,13H,8-10H2,1-3H3. The summed E-state index contributed by atoms with van der Waals surface area (Å²) in [4.78, 5) is 25.8. The van der Waals surface area contributed by atoms with E-state index in [1.54, 1.807) is 20.8 Å². The molecule has 0 aliphatic heterocycles. The van der Waals surface area contributed by atoms with Crippen LogP contribution in [-0.4, -0.2) is 35.0 Å². The van der Waals surface area contributed by atoms with Gasteiger partial charge in [0.25, 0.3) is 0 Å². The first kappa shape index (κ1) is 15.5. The topological polar surface area (TPSA) is 46.6 Å². The van der Waals surface area contributed by atoms with E-state index in [0.29, 0.717) is 5.56 Å². The lowest BCUT2D eigenvalue weighted by atomic mass is 10.1. The van der Waals surface area contributed by atoms with E-state index in [1.807, 2.05) is 0 Å². The van der Waals surface area contributed by atoms with Gasteiger partial charge in [-0.2, -0.15) is 0 Å². The van der Waals surface area contributed by atoms with E-state index in [2.05, 4.69) is 0 Å². The third-order valence-corrected chi connectivity index (χ3v) is 3.10. The van der Waals surface area contributed by atoms with Crippen LogP contribution in [0.4, 0.5) is 9.18 Å². The highest BCUT2D eigenvalue weighted by Gasteiger charge is 2.36. The fourth-order valence-electron chi connectivity index (χ4n) is 1.93. The van der Waals surface area contributed by atoms with Crippen LogP contribution in [0.2, 0.25) is 0 Å². The molecule has 2 rings (SSSR count). The Morgan fingerprint density at radius 3 is 2.29 bits per heavy atom. The highest BCUT2D eigenvalue weighted by atomic mass is 19.1. The van der Waals surface area contributed by atoms with Gasteiger partial charge in [-0.1, -0.05) is 0 Å². The fourth-order valence-corrected chi connectivity index (χ4v) is 1.93. The van der Waals surface area contributed by atoms with Crippen LogP contribution < -0.4 is 0 Å². The Kier molecular flexibility index (Phi) is 4.30. The van der Waals surface area contributed by atoms with Gasteiger partial charge in [0.2, 0.25) is 0 Å². The smallest absolute Gasteiger partial charge is 0.410 e. The Bertz CT molecular complexity index is 529. The third-order valence-electron chi connectivity index (χ3n) is 3.10. The normalized spacial score (nSPS) is 14.7. The fraction of sp³-hybridized carbons (Fsp3) is 0.500. The van der Waals surface area contributed by atoms with Gasteiger partial charge in [-0.25, -0.2) is 9.18 Å². The first-order valence-corrected chi connectivity index (χ1v) is 7.04. The van der Waals surface area contributed by atoms with Gasteiger partial charge in [-0.3, -0.25) is 9.69 Å². The molecule has 0 spiro atoms. The average Bonchev–Trinajstić information content (AvgIpc) is 3.18. The van der Waals surface area contributed by atoms with Gasteiger partial charge in [0.1, 0.15) is 11.4 Å². The Morgan fingerprint density at radius 1 is 1.24 bits per heavy atom. The molecule has 1 aliphatic carbocycles. The van der Waals surface area contributed by atoms with Crippen LogP contribution in [0.25, 0.3) is 0 Å². The lowest BCUT2D eigenvalue weighted by molar-refractivity contribution is 0.0232. The van der Waals surface area contributed by atoms with Crippen molar-refractivity contribution in [2.75, 3.05) is 6.54 Å². The van der Waals surface area contributed by atoms with Crippen molar-refractivity contribution < 1.29 is 18.7 Å². The number of Topliss-reactive ketones (excluding diaryl/α,β-unsaturated/α-hetero) is 1. The molecule has 21 heavy (non-hydrogen) atoms. The van der Waals surface area contributed by atoms with Crippen molar-refractivity contribution in [3.63, 3.8) is 0 Å². The van der Waals surface area contributed by atoms with Gasteiger partial charge in [0, 0.05) is 11.6 Å². The molecule has 0 radical (unpaired) electrons. The Morgan fingerprint density at radius 2 is 1.81 bits per heavy atom. The van der Waals surface area contributed by atoms with E-state index >= 15 is 0 Å². The predicted molar refractivity (Wildman–Crippen MR) is 76.7 cm³/mol. The number of ketones is 1. The van der Waals surface area contributed by atoms with Crippen molar-refractivity contribution >= 4 is 11.9 Å². The van der Waals surface area contributed by atoms with E-state index in [0.717, 1.165) is 12.8 Å². The molecule has 0 bridgehead atoms. The van der Waals surface area contributed by atoms with Gasteiger partial charge < -0.3 is 4.74 Å². The lowest BCUT2D eigenvalue weighted by Crippen LogP contribution is -2.41. The SMILES string of the molecule is CC(C)(C)OC(=O)N(CC(=O)c1ccc(F)cc1)C1CC1. The highest BCUT2D eigenvalue weighted by Crippen LogP contribution is 2.28. The van der Waals surface area contributed by atoms with Crippen molar-refractivity contribution in [3.8, 4) is 0 Å². The van der Waals surface area contributed by atoms with Crippen LogP contribution in [0.15, 0.2) is 24.3 Å². The Balaban J connectivity index is 2.04. The zero-order valence-corrected chi connectivity index (χ0v) is 12.6. The summed E-state index contributed by atoms with van der Waals surface area (Å²) in [7, 11) is 0. The minimum atomic E-state index is -0.594. The first-order valence-electron chi connectivity index (χ1n) is 7.04. The summed E-state index contributed by atoms with van der Waals surface area (Å²) in [5.74, 6) is -0.606. The zero-order valence-electron chi connectivity index (χ0n) is 12.6. The van der Waals surface area contributed by atoms with Gasteiger partial charge in [0.05, 0.1) is 6.54 Å². The zero-order chi connectivity index (χ0) is 15.6. The molecule has 0 unspecified atom stereocenters. The third kappa shape index (κ3) is 4.55. The van der Waals surface area contributed by atoms with Crippen LogP contribution in [0.3, 0.4) is 0 Å². The summed E-state index contributed by atoms with van der Waals surface area (Å²) in [5, 5.41) is 0.